The molecule has 0 spiro atoms. The number of nitriles is 1. The van der Waals surface area contributed by atoms with E-state index in [1.807, 2.05) is 6.07 Å². The topological polar surface area (TPSA) is 88.5 Å². The summed E-state index contributed by atoms with van der Waals surface area (Å²) in [5, 5.41) is 19.7. The van der Waals surface area contributed by atoms with E-state index >= 15 is 0 Å². The van der Waals surface area contributed by atoms with Gasteiger partial charge in [-0.1, -0.05) is 0 Å². The minimum Gasteiger partial charge on any atom is -0.304 e. The fourth-order valence-electron chi connectivity index (χ4n) is 1.71. The van der Waals surface area contributed by atoms with Crippen LogP contribution in [-0.2, 0) is 14.1 Å². The third kappa shape index (κ3) is 2.24. The van der Waals surface area contributed by atoms with E-state index in [4.69, 9.17) is 5.26 Å². The van der Waals surface area contributed by atoms with Crippen molar-refractivity contribution in [3.05, 3.63) is 27.6 Å². The van der Waals surface area contributed by atoms with Crippen molar-refractivity contribution in [1.82, 2.24) is 19.6 Å². The molecule has 0 aliphatic heterocycles. The standard InChI is InChI=1S/C11H11BrN6O/c1-6-8(12)9(17(2)16-6)11(19)15-10-7(4-13)5-14-18(10)3/h5H,1-3H3,(H,15,19). The summed E-state index contributed by atoms with van der Waals surface area (Å²) >= 11 is 3.33. The van der Waals surface area contributed by atoms with E-state index in [9.17, 15) is 4.79 Å². The first-order valence-electron chi connectivity index (χ1n) is 5.38. The summed E-state index contributed by atoms with van der Waals surface area (Å²) < 4.78 is 3.55. The second kappa shape index (κ2) is 4.85. The lowest BCUT2D eigenvalue weighted by molar-refractivity contribution is 0.101. The molecule has 0 saturated carbocycles. The van der Waals surface area contributed by atoms with Crippen LogP contribution in [0.2, 0.25) is 0 Å². The van der Waals surface area contributed by atoms with E-state index in [1.54, 1.807) is 21.0 Å². The van der Waals surface area contributed by atoms with Crippen LogP contribution in [0.3, 0.4) is 0 Å². The molecule has 0 radical (unpaired) electrons. The Morgan fingerprint density at radius 1 is 1.47 bits per heavy atom. The molecule has 0 aromatic carbocycles. The molecule has 19 heavy (non-hydrogen) atoms. The highest BCUT2D eigenvalue weighted by Crippen LogP contribution is 2.22. The van der Waals surface area contributed by atoms with Gasteiger partial charge >= 0.3 is 0 Å². The Labute approximate surface area is 117 Å². The number of nitrogens with zero attached hydrogens (tertiary/aromatic N) is 5. The van der Waals surface area contributed by atoms with Crippen molar-refractivity contribution < 1.29 is 4.79 Å². The number of hydrogen-bond acceptors (Lipinski definition) is 4. The quantitative estimate of drug-likeness (QED) is 0.903. The molecule has 0 aliphatic carbocycles. The molecular weight excluding hydrogens is 312 g/mol. The van der Waals surface area contributed by atoms with E-state index in [1.165, 1.54) is 15.6 Å². The number of anilines is 1. The van der Waals surface area contributed by atoms with Crippen molar-refractivity contribution in [3.63, 3.8) is 0 Å². The number of carbonyl (C=O) groups is 1. The maximum Gasteiger partial charge on any atom is 0.276 e. The first-order chi connectivity index (χ1) is 8.95. The van der Waals surface area contributed by atoms with Gasteiger partial charge in [-0.3, -0.25) is 14.2 Å². The number of nitrogens with one attached hydrogen (secondary N) is 1. The van der Waals surface area contributed by atoms with Crippen LogP contribution in [0.25, 0.3) is 0 Å². The Hall–Kier alpha value is -2.14. The normalized spacial score (nSPS) is 10.3. The highest BCUT2D eigenvalue weighted by Gasteiger charge is 2.20. The van der Waals surface area contributed by atoms with Gasteiger partial charge in [-0.05, 0) is 22.9 Å². The Morgan fingerprint density at radius 2 is 2.16 bits per heavy atom. The van der Waals surface area contributed by atoms with Gasteiger partial charge in [0.1, 0.15) is 23.1 Å². The number of hydrogen-bond donors (Lipinski definition) is 1. The monoisotopic (exact) mass is 322 g/mol. The second-order valence-corrected chi connectivity index (χ2v) is 4.76. The minimum absolute atomic E-state index is 0.311. The minimum atomic E-state index is -0.352. The van der Waals surface area contributed by atoms with Crippen molar-refractivity contribution in [2.75, 3.05) is 5.32 Å². The van der Waals surface area contributed by atoms with Crippen LogP contribution >= 0.6 is 15.9 Å². The van der Waals surface area contributed by atoms with E-state index in [0.29, 0.717) is 21.5 Å². The van der Waals surface area contributed by atoms with Gasteiger partial charge in [0.15, 0.2) is 0 Å². The molecule has 0 saturated heterocycles. The van der Waals surface area contributed by atoms with E-state index in [-0.39, 0.29) is 5.91 Å². The highest BCUT2D eigenvalue weighted by atomic mass is 79.9. The van der Waals surface area contributed by atoms with Gasteiger partial charge in [-0.15, -0.1) is 0 Å². The predicted octanol–water partition coefficient (Wildman–Crippen LogP) is 1.35. The van der Waals surface area contributed by atoms with Gasteiger partial charge in [-0.25, -0.2) is 0 Å². The molecule has 2 heterocycles. The molecule has 7 nitrogen and oxygen atoms in total. The van der Waals surface area contributed by atoms with Crippen molar-refractivity contribution in [3.8, 4) is 6.07 Å². The van der Waals surface area contributed by atoms with Crippen LogP contribution in [0.15, 0.2) is 10.7 Å². The lowest BCUT2D eigenvalue weighted by atomic mass is 10.3. The van der Waals surface area contributed by atoms with Crippen LogP contribution in [0.4, 0.5) is 5.82 Å². The van der Waals surface area contributed by atoms with Gasteiger partial charge in [0.2, 0.25) is 0 Å². The summed E-state index contributed by atoms with van der Waals surface area (Å²) in [6, 6.07) is 1.98. The molecular formula is C11H11BrN6O. The van der Waals surface area contributed by atoms with E-state index in [0.717, 1.165) is 5.69 Å². The lowest BCUT2D eigenvalue weighted by Crippen LogP contribution is -2.19. The molecule has 0 atom stereocenters. The molecule has 1 amide bonds. The van der Waals surface area contributed by atoms with Crippen LogP contribution in [0, 0.1) is 18.3 Å². The third-order valence-corrected chi connectivity index (χ3v) is 3.60. The Kier molecular flexibility index (Phi) is 3.40. The molecule has 1 N–H and O–H groups in total. The Bertz CT molecular complexity index is 693. The fraction of sp³-hybridized carbons (Fsp3) is 0.273. The van der Waals surface area contributed by atoms with Crippen molar-refractivity contribution >= 4 is 27.7 Å². The van der Waals surface area contributed by atoms with E-state index < -0.39 is 0 Å². The molecule has 2 rings (SSSR count). The third-order valence-electron chi connectivity index (χ3n) is 2.66. The fourth-order valence-corrected chi connectivity index (χ4v) is 2.23. The number of aromatic nitrogens is 4. The highest BCUT2D eigenvalue weighted by molar-refractivity contribution is 9.10. The predicted molar refractivity (Wildman–Crippen MR) is 71.5 cm³/mol. The smallest absolute Gasteiger partial charge is 0.276 e. The second-order valence-electron chi connectivity index (χ2n) is 3.97. The number of aryl methyl sites for hydroxylation is 3. The van der Waals surface area contributed by atoms with Crippen LogP contribution in [0.5, 0.6) is 0 Å². The maximum atomic E-state index is 12.2. The average molecular weight is 323 g/mol. The molecule has 2 aromatic rings. The van der Waals surface area contributed by atoms with Gasteiger partial charge < -0.3 is 5.32 Å². The zero-order chi connectivity index (χ0) is 14.2. The summed E-state index contributed by atoms with van der Waals surface area (Å²) in [5.74, 6) is 0.00771. The number of halogens is 1. The summed E-state index contributed by atoms with van der Waals surface area (Å²) in [6.45, 7) is 1.80. The van der Waals surface area contributed by atoms with Crippen LogP contribution in [0.1, 0.15) is 21.7 Å². The summed E-state index contributed by atoms with van der Waals surface area (Å²) in [6.07, 6.45) is 1.40. The van der Waals surface area contributed by atoms with Crippen LogP contribution in [-0.4, -0.2) is 25.5 Å². The molecule has 0 bridgehead atoms. The molecule has 2 aromatic heterocycles. The first-order valence-corrected chi connectivity index (χ1v) is 6.17. The van der Waals surface area contributed by atoms with Crippen molar-refractivity contribution in [1.29, 1.82) is 5.26 Å². The molecule has 0 aliphatic rings. The number of rotatable bonds is 2. The summed E-state index contributed by atoms with van der Waals surface area (Å²) in [7, 11) is 3.33. The zero-order valence-electron chi connectivity index (χ0n) is 10.6. The number of amides is 1. The lowest BCUT2D eigenvalue weighted by Gasteiger charge is -2.06. The first kappa shape index (κ1) is 13.3. The molecule has 98 valence electrons. The van der Waals surface area contributed by atoms with Gasteiger partial charge in [-0.2, -0.15) is 15.5 Å². The molecule has 0 unspecified atom stereocenters. The Balaban J connectivity index is 2.37. The summed E-state index contributed by atoms with van der Waals surface area (Å²) in [5.41, 5.74) is 1.42. The Morgan fingerprint density at radius 3 is 2.68 bits per heavy atom. The van der Waals surface area contributed by atoms with Gasteiger partial charge in [0.25, 0.3) is 5.91 Å². The van der Waals surface area contributed by atoms with Crippen LogP contribution < -0.4 is 5.32 Å². The van der Waals surface area contributed by atoms with Gasteiger partial charge in [0, 0.05) is 14.1 Å². The zero-order valence-corrected chi connectivity index (χ0v) is 12.2. The maximum absolute atomic E-state index is 12.2. The summed E-state index contributed by atoms with van der Waals surface area (Å²) in [4.78, 5) is 12.2. The van der Waals surface area contributed by atoms with E-state index in [2.05, 4.69) is 31.4 Å². The largest absolute Gasteiger partial charge is 0.304 e. The van der Waals surface area contributed by atoms with Gasteiger partial charge in [0.05, 0.1) is 16.4 Å². The average Bonchev–Trinajstić information content (AvgIpc) is 2.81. The molecule has 8 heteroatoms. The molecule has 0 fully saturated rings. The SMILES string of the molecule is Cc1nn(C)c(C(=O)Nc2c(C#N)cnn2C)c1Br. The number of carbonyl (C=O) groups excluding carboxylic acids is 1. The van der Waals surface area contributed by atoms with Crippen molar-refractivity contribution in [2.45, 2.75) is 6.92 Å². The van der Waals surface area contributed by atoms with Crippen molar-refractivity contribution in [2.24, 2.45) is 14.1 Å².